The van der Waals surface area contributed by atoms with Gasteiger partial charge < -0.3 is 15.9 Å². The number of anilines is 1. The number of rotatable bonds is 6. The summed E-state index contributed by atoms with van der Waals surface area (Å²) in [6.07, 6.45) is -4.43. The van der Waals surface area contributed by atoms with Crippen LogP contribution in [0.3, 0.4) is 0 Å². The summed E-state index contributed by atoms with van der Waals surface area (Å²) in [4.78, 5) is 12.1. The van der Waals surface area contributed by atoms with Crippen LogP contribution in [0.15, 0.2) is 53.7 Å². The maximum Gasteiger partial charge on any atom is 0.416 e. The first-order chi connectivity index (χ1) is 13.8. The van der Waals surface area contributed by atoms with Crippen LogP contribution in [0, 0.1) is 0 Å². The minimum atomic E-state index is -4.43. The Kier molecular flexibility index (Phi) is 5.97. The number of thioether (sulfide) groups is 1. The van der Waals surface area contributed by atoms with E-state index in [1.165, 1.54) is 23.9 Å². The molecule has 2 aromatic carbocycles. The Balaban J connectivity index is 1.63. The number of carbonyl (C=O) groups is 1. The molecule has 0 saturated heterocycles. The van der Waals surface area contributed by atoms with Gasteiger partial charge in [-0.2, -0.15) is 13.2 Å². The summed E-state index contributed by atoms with van der Waals surface area (Å²) in [5.74, 6) is 6.50. The first-order valence-corrected chi connectivity index (χ1v) is 9.22. The van der Waals surface area contributed by atoms with Crippen molar-refractivity contribution in [1.82, 2.24) is 14.9 Å². The Hall–Kier alpha value is -3.21. The molecule has 0 aliphatic heterocycles. The maximum atomic E-state index is 12.6. The molecule has 7 nitrogen and oxygen atoms in total. The van der Waals surface area contributed by atoms with Gasteiger partial charge in [-0.3, -0.25) is 4.79 Å². The second-order valence-electron chi connectivity index (χ2n) is 5.79. The average molecular weight is 423 g/mol. The summed E-state index contributed by atoms with van der Waals surface area (Å²) >= 11 is 1.04. The lowest BCUT2D eigenvalue weighted by Crippen LogP contribution is -2.16. The molecule has 152 valence electrons. The Bertz CT molecular complexity index is 1010. The minimum Gasteiger partial charge on any atom is -0.496 e. The van der Waals surface area contributed by atoms with Gasteiger partial charge in [0.1, 0.15) is 5.75 Å². The summed E-state index contributed by atoms with van der Waals surface area (Å²) in [6.45, 7) is 0. The van der Waals surface area contributed by atoms with Crippen molar-refractivity contribution >= 4 is 23.4 Å². The van der Waals surface area contributed by atoms with E-state index in [1.54, 1.807) is 24.3 Å². The smallest absolute Gasteiger partial charge is 0.416 e. The van der Waals surface area contributed by atoms with Crippen LogP contribution in [0.2, 0.25) is 0 Å². The number of nitrogens with zero attached hydrogens (tertiary/aromatic N) is 3. The summed E-state index contributed by atoms with van der Waals surface area (Å²) in [5.41, 5.74) is 0.114. The van der Waals surface area contributed by atoms with E-state index >= 15 is 0 Å². The van der Waals surface area contributed by atoms with Crippen molar-refractivity contribution in [2.45, 2.75) is 11.3 Å². The van der Waals surface area contributed by atoms with Gasteiger partial charge in [-0.25, -0.2) is 4.68 Å². The van der Waals surface area contributed by atoms with Crippen molar-refractivity contribution in [3.05, 3.63) is 54.1 Å². The first-order valence-electron chi connectivity index (χ1n) is 8.23. The van der Waals surface area contributed by atoms with Crippen LogP contribution in [0.25, 0.3) is 11.4 Å². The standard InChI is InChI=1S/C18H16F3N5O2S/c1-28-14-5-3-2-4-13(14)16-24-25-17(26(16)22)29-10-15(27)23-12-8-6-11(7-9-12)18(19,20)21/h2-9H,10,22H2,1H3,(H,23,27). The van der Waals surface area contributed by atoms with Gasteiger partial charge in [-0.05, 0) is 36.4 Å². The van der Waals surface area contributed by atoms with Crippen molar-refractivity contribution in [3.8, 4) is 17.1 Å². The van der Waals surface area contributed by atoms with E-state index in [2.05, 4.69) is 15.5 Å². The highest BCUT2D eigenvalue weighted by molar-refractivity contribution is 7.99. The molecule has 3 aromatic rings. The molecule has 29 heavy (non-hydrogen) atoms. The number of halogens is 3. The molecule has 3 N–H and O–H groups in total. The number of benzene rings is 2. The van der Waals surface area contributed by atoms with E-state index < -0.39 is 17.6 Å². The van der Waals surface area contributed by atoms with Gasteiger partial charge in [-0.15, -0.1) is 10.2 Å². The number of aromatic nitrogens is 3. The van der Waals surface area contributed by atoms with Crippen LogP contribution in [-0.2, 0) is 11.0 Å². The maximum absolute atomic E-state index is 12.6. The predicted molar refractivity (Wildman–Crippen MR) is 103 cm³/mol. The van der Waals surface area contributed by atoms with Crippen LogP contribution < -0.4 is 15.9 Å². The van der Waals surface area contributed by atoms with Crippen LogP contribution in [0.5, 0.6) is 5.75 Å². The number of methoxy groups -OCH3 is 1. The number of nitrogens with two attached hydrogens (primary N) is 1. The fourth-order valence-corrected chi connectivity index (χ4v) is 3.11. The van der Waals surface area contributed by atoms with Gasteiger partial charge in [0, 0.05) is 5.69 Å². The summed E-state index contributed by atoms with van der Waals surface area (Å²) < 4.78 is 44.2. The molecule has 11 heteroatoms. The molecule has 0 atom stereocenters. The molecule has 0 bridgehead atoms. The molecule has 0 saturated carbocycles. The SMILES string of the molecule is COc1ccccc1-c1nnc(SCC(=O)Nc2ccc(C(F)(F)F)cc2)n1N. The van der Waals surface area contributed by atoms with Crippen LogP contribution >= 0.6 is 11.8 Å². The van der Waals surface area contributed by atoms with Gasteiger partial charge in [0.2, 0.25) is 11.1 Å². The molecule has 0 aliphatic rings. The second-order valence-corrected chi connectivity index (χ2v) is 6.73. The number of amides is 1. The van der Waals surface area contributed by atoms with Crippen LogP contribution in [-0.4, -0.2) is 33.6 Å². The van der Waals surface area contributed by atoms with E-state index in [-0.39, 0.29) is 11.4 Å². The van der Waals surface area contributed by atoms with Crippen LogP contribution in [0.1, 0.15) is 5.56 Å². The number of carbonyl (C=O) groups excluding carboxylic acids is 1. The normalized spacial score (nSPS) is 11.3. The molecule has 0 unspecified atom stereocenters. The first kappa shape index (κ1) is 20.5. The Morgan fingerprint density at radius 1 is 1.17 bits per heavy atom. The summed E-state index contributed by atoms with van der Waals surface area (Å²) in [7, 11) is 1.53. The average Bonchev–Trinajstić information content (AvgIpc) is 3.06. The molecular weight excluding hydrogens is 407 g/mol. The number of ether oxygens (including phenoxy) is 1. The van der Waals surface area contributed by atoms with Gasteiger partial charge in [-0.1, -0.05) is 23.9 Å². The zero-order chi connectivity index (χ0) is 21.0. The number of alkyl halides is 3. The lowest BCUT2D eigenvalue weighted by atomic mass is 10.2. The molecule has 3 rings (SSSR count). The molecule has 1 heterocycles. The van der Waals surface area contributed by atoms with Crippen molar-refractivity contribution in [2.75, 3.05) is 24.0 Å². The molecule has 0 aliphatic carbocycles. The quantitative estimate of drug-likeness (QED) is 0.466. The second kappa shape index (κ2) is 8.43. The fourth-order valence-electron chi connectivity index (χ4n) is 2.46. The molecule has 1 amide bonds. The van der Waals surface area contributed by atoms with E-state index in [9.17, 15) is 18.0 Å². The molecule has 1 aromatic heterocycles. The van der Waals surface area contributed by atoms with E-state index in [4.69, 9.17) is 10.6 Å². The van der Waals surface area contributed by atoms with Gasteiger partial charge in [0.05, 0.1) is 24.0 Å². The Labute approximate surface area is 168 Å². The third-order valence-electron chi connectivity index (χ3n) is 3.84. The lowest BCUT2D eigenvalue weighted by Gasteiger charge is -2.09. The number of para-hydroxylation sites is 1. The van der Waals surface area contributed by atoms with Gasteiger partial charge in [0.15, 0.2) is 5.82 Å². The Morgan fingerprint density at radius 3 is 2.52 bits per heavy atom. The fraction of sp³-hybridized carbons (Fsp3) is 0.167. The highest BCUT2D eigenvalue weighted by atomic mass is 32.2. The monoisotopic (exact) mass is 423 g/mol. The van der Waals surface area contributed by atoms with Crippen molar-refractivity contribution in [1.29, 1.82) is 0 Å². The summed E-state index contributed by atoms with van der Waals surface area (Å²) in [5, 5.41) is 10.8. The molecule has 0 fully saturated rings. The number of nitrogens with one attached hydrogen (secondary N) is 1. The van der Waals surface area contributed by atoms with Gasteiger partial charge in [0.25, 0.3) is 0 Å². The summed E-state index contributed by atoms with van der Waals surface area (Å²) in [6, 6.07) is 11.3. The number of hydrogen-bond donors (Lipinski definition) is 2. The predicted octanol–water partition coefficient (Wildman–Crippen LogP) is 3.42. The van der Waals surface area contributed by atoms with E-state index in [1.807, 2.05) is 0 Å². The third-order valence-corrected chi connectivity index (χ3v) is 4.78. The topological polar surface area (TPSA) is 95.1 Å². The third kappa shape index (κ3) is 4.80. The van der Waals surface area contributed by atoms with Crippen LogP contribution in [0.4, 0.5) is 18.9 Å². The van der Waals surface area contributed by atoms with Crippen molar-refractivity contribution in [3.63, 3.8) is 0 Å². The molecule has 0 spiro atoms. The zero-order valence-electron chi connectivity index (χ0n) is 15.1. The zero-order valence-corrected chi connectivity index (χ0v) is 15.9. The van der Waals surface area contributed by atoms with E-state index in [0.29, 0.717) is 22.3 Å². The molecule has 0 radical (unpaired) electrons. The minimum absolute atomic E-state index is 0.0533. The largest absolute Gasteiger partial charge is 0.496 e. The van der Waals surface area contributed by atoms with Gasteiger partial charge >= 0.3 is 6.18 Å². The number of nitrogen functional groups attached to an aromatic ring is 1. The highest BCUT2D eigenvalue weighted by Crippen LogP contribution is 2.30. The van der Waals surface area contributed by atoms with E-state index in [0.717, 1.165) is 23.9 Å². The lowest BCUT2D eigenvalue weighted by molar-refractivity contribution is -0.137. The molecular formula is C18H16F3N5O2S. The van der Waals surface area contributed by atoms with Crippen molar-refractivity contribution in [2.24, 2.45) is 0 Å². The number of hydrogen-bond acceptors (Lipinski definition) is 6. The van der Waals surface area contributed by atoms with Crippen molar-refractivity contribution < 1.29 is 22.7 Å². The Morgan fingerprint density at radius 2 is 1.86 bits per heavy atom. The highest BCUT2D eigenvalue weighted by Gasteiger charge is 2.30.